The number of nitrogens with zero attached hydrogens (tertiary/aromatic N) is 4. The lowest BCUT2D eigenvalue weighted by atomic mass is 10.3. The molecular formula is C10H12BrClN6. The number of fused-ring (bicyclic) bond motifs is 1. The van der Waals surface area contributed by atoms with E-state index in [2.05, 4.69) is 30.9 Å². The van der Waals surface area contributed by atoms with Crippen molar-refractivity contribution in [2.75, 3.05) is 23.7 Å². The minimum Gasteiger partial charge on any atom is -0.383 e. The normalized spacial score (nSPS) is 19.9. The zero-order valence-electron chi connectivity index (χ0n) is 9.48. The molecule has 0 amide bonds. The van der Waals surface area contributed by atoms with E-state index in [-0.39, 0.29) is 6.04 Å². The molecule has 3 rings (SSSR count). The van der Waals surface area contributed by atoms with Gasteiger partial charge in [0.25, 0.3) is 0 Å². The van der Waals surface area contributed by atoms with Crippen LogP contribution in [0, 0.1) is 0 Å². The summed E-state index contributed by atoms with van der Waals surface area (Å²) in [6.07, 6.45) is 2.48. The van der Waals surface area contributed by atoms with Crippen LogP contribution in [0.15, 0.2) is 10.7 Å². The second-order valence-corrected chi connectivity index (χ2v) is 5.56. The molecule has 0 aliphatic carbocycles. The number of nitrogens with two attached hydrogens (primary N) is 2. The van der Waals surface area contributed by atoms with E-state index >= 15 is 0 Å². The highest BCUT2D eigenvalue weighted by Gasteiger charge is 2.24. The summed E-state index contributed by atoms with van der Waals surface area (Å²) < 4.78 is 2.25. The molecule has 18 heavy (non-hydrogen) atoms. The summed E-state index contributed by atoms with van der Waals surface area (Å²) in [6.45, 7) is 1.64. The van der Waals surface area contributed by atoms with Crippen LogP contribution >= 0.6 is 27.5 Å². The summed E-state index contributed by atoms with van der Waals surface area (Å²) in [7, 11) is 0. The van der Waals surface area contributed by atoms with Crippen LogP contribution in [0.4, 0.5) is 11.6 Å². The Morgan fingerprint density at radius 3 is 2.94 bits per heavy atom. The van der Waals surface area contributed by atoms with Crippen LogP contribution in [0.5, 0.6) is 0 Å². The third-order valence-electron chi connectivity index (χ3n) is 3.09. The van der Waals surface area contributed by atoms with E-state index in [0.29, 0.717) is 16.5 Å². The van der Waals surface area contributed by atoms with Gasteiger partial charge in [-0.15, -0.1) is 0 Å². The maximum Gasteiger partial charge on any atom is 0.178 e. The Kier molecular flexibility index (Phi) is 2.84. The summed E-state index contributed by atoms with van der Waals surface area (Å²) in [5.74, 6) is 1.26. The molecule has 1 atom stereocenters. The quantitative estimate of drug-likeness (QED) is 0.822. The van der Waals surface area contributed by atoms with Gasteiger partial charge in [-0.1, -0.05) is 11.6 Å². The van der Waals surface area contributed by atoms with Gasteiger partial charge in [-0.25, -0.2) is 4.98 Å². The van der Waals surface area contributed by atoms with Gasteiger partial charge in [0.05, 0.1) is 6.20 Å². The van der Waals surface area contributed by atoms with Crippen molar-refractivity contribution in [1.29, 1.82) is 0 Å². The number of halogens is 2. The topological polar surface area (TPSA) is 85.5 Å². The lowest BCUT2D eigenvalue weighted by Gasteiger charge is -2.19. The molecule has 3 heterocycles. The van der Waals surface area contributed by atoms with Gasteiger partial charge in [0.15, 0.2) is 5.65 Å². The molecule has 8 heteroatoms. The summed E-state index contributed by atoms with van der Waals surface area (Å²) >= 11 is 9.51. The molecular weight excluding hydrogens is 320 g/mol. The van der Waals surface area contributed by atoms with Gasteiger partial charge in [0.1, 0.15) is 21.1 Å². The number of anilines is 2. The van der Waals surface area contributed by atoms with E-state index in [1.54, 1.807) is 0 Å². The zero-order chi connectivity index (χ0) is 12.9. The van der Waals surface area contributed by atoms with E-state index in [9.17, 15) is 0 Å². The van der Waals surface area contributed by atoms with Gasteiger partial charge in [-0.05, 0) is 22.4 Å². The van der Waals surface area contributed by atoms with Crippen LogP contribution in [0.1, 0.15) is 6.42 Å². The fraction of sp³-hybridized carbons (Fsp3) is 0.400. The average molecular weight is 332 g/mol. The molecule has 0 aromatic carbocycles. The molecule has 1 aliphatic rings. The Hall–Kier alpha value is -1.05. The largest absolute Gasteiger partial charge is 0.383 e. The smallest absolute Gasteiger partial charge is 0.178 e. The summed E-state index contributed by atoms with van der Waals surface area (Å²) in [5, 5.41) is 4.57. The van der Waals surface area contributed by atoms with Crippen molar-refractivity contribution in [3.63, 3.8) is 0 Å². The number of nitrogen functional groups attached to an aromatic ring is 1. The lowest BCUT2D eigenvalue weighted by molar-refractivity contribution is 0.751. The Balaban J connectivity index is 2.17. The molecule has 1 aliphatic heterocycles. The van der Waals surface area contributed by atoms with Gasteiger partial charge >= 0.3 is 0 Å². The maximum atomic E-state index is 6.04. The molecule has 0 spiro atoms. The first kappa shape index (κ1) is 12.0. The number of hydrogen-bond acceptors (Lipinski definition) is 5. The minimum absolute atomic E-state index is 0.177. The predicted molar refractivity (Wildman–Crippen MR) is 74.9 cm³/mol. The van der Waals surface area contributed by atoms with Crippen molar-refractivity contribution in [3.05, 3.63) is 15.7 Å². The Labute approximate surface area is 117 Å². The Morgan fingerprint density at radius 1 is 1.50 bits per heavy atom. The van der Waals surface area contributed by atoms with Crippen LogP contribution in [-0.4, -0.2) is 33.7 Å². The van der Waals surface area contributed by atoms with Gasteiger partial charge in [-0.3, -0.25) is 0 Å². The second kappa shape index (κ2) is 4.25. The maximum absolute atomic E-state index is 6.04. The molecule has 2 aromatic rings. The molecule has 1 saturated heterocycles. The second-order valence-electron chi connectivity index (χ2n) is 4.36. The monoisotopic (exact) mass is 330 g/mol. The Bertz CT molecular complexity index is 612. The van der Waals surface area contributed by atoms with Gasteiger partial charge in [0.2, 0.25) is 0 Å². The standard InChI is InChI=1S/C10H12BrClN6/c11-7-8(14)18-9(6(12)3-15-18)16-10(7)17-2-1-5(13)4-17/h3,5H,1-2,4,13-14H2/t5-/m0/s1. The van der Waals surface area contributed by atoms with Crippen molar-refractivity contribution in [2.45, 2.75) is 12.5 Å². The molecule has 96 valence electrons. The Morgan fingerprint density at radius 2 is 2.28 bits per heavy atom. The van der Waals surface area contributed by atoms with Crippen LogP contribution < -0.4 is 16.4 Å². The summed E-state index contributed by atoms with van der Waals surface area (Å²) in [5.41, 5.74) is 12.5. The van der Waals surface area contributed by atoms with Crippen LogP contribution in [0.25, 0.3) is 5.65 Å². The van der Waals surface area contributed by atoms with Crippen LogP contribution in [0.2, 0.25) is 5.02 Å². The number of hydrogen-bond donors (Lipinski definition) is 2. The van der Waals surface area contributed by atoms with Crippen molar-refractivity contribution in [2.24, 2.45) is 5.73 Å². The van der Waals surface area contributed by atoms with Gasteiger partial charge in [0, 0.05) is 19.1 Å². The van der Waals surface area contributed by atoms with Crippen molar-refractivity contribution in [1.82, 2.24) is 14.6 Å². The first-order valence-corrected chi connectivity index (χ1v) is 6.73. The molecule has 0 saturated carbocycles. The van der Waals surface area contributed by atoms with E-state index in [4.69, 9.17) is 23.1 Å². The zero-order valence-corrected chi connectivity index (χ0v) is 11.8. The van der Waals surface area contributed by atoms with Crippen LogP contribution in [0.3, 0.4) is 0 Å². The first-order chi connectivity index (χ1) is 8.58. The SMILES string of the molecule is Nc1c(Br)c(N2CC[C@H](N)C2)nc2c(Cl)cnn12. The molecule has 6 nitrogen and oxygen atoms in total. The van der Waals surface area contributed by atoms with Crippen molar-refractivity contribution < 1.29 is 0 Å². The molecule has 0 radical (unpaired) electrons. The van der Waals surface area contributed by atoms with E-state index in [0.717, 1.165) is 29.8 Å². The molecule has 4 N–H and O–H groups in total. The third kappa shape index (κ3) is 1.73. The van der Waals surface area contributed by atoms with Crippen LogP contribution in [-0.2, 0) is 0 Å². The summed E-state index contributed by atoms with van der Waals surface area (Å²) in [6, 6.07) is 0.177. The fourth-order valence-electron chi connectivity index (χ4n) is 2.15. The molecule has 0 bridgehead atoms. The molecule has 0 unspecified atom stereocenters. The number of aromatic nitrogens is 3. The van der Waals surface area contributed by atoms with Crippen molar-refractivity contribution in [3.8, 4) is 0 Å². The average Bonchev–Trinajstić information content (AvgIpc) is 2.91. The van der Waals surface area contributed by atoms with Gasteiger partial charge in [-0.2, -0.15) is 9.61 Å². The van der Waals surface area contributed by atoms with E-state index < -0.39 is 0 Å². The highest BCUT2D eigenvalue weighted by molar-refractivity contribution is 9.10. The van der Waals surface area contributed by atoms with E-state index in [1.807, 2.05) is 0 Å². The lowest BCUT2D eigenvalue weighted by Crippen LogP contribution is -2.27. The number of rotatable bonds is 1. The third-order valence-corrected chi connectivity index (χ3v) is 4.11. The van der Waals surface area contributed by atoms with E-state index in [1.165, 1.54) is 10.7 Å². The fourth-order valence-corrected chi connectivity index (χ4v) is 2.82. The minimum atomic E-state index is 0.177. The van der Waals surface area contributed by atoms with Gasteiger partial charge < -0.3 is 16.4 Å². The molecule has 2 aromatic heterocycles. The molecule has 1 fully saturated rings. The predicted octanol–water partition coefficient (Wildman–Crippen LogP) is 1.26. The highest BCUT2D eigenvalue weighted by Crippen LogP contribution is 2.33. The summed E-state index contributed by atoms with van der Waals surface area (Å²) in [4.78, 5) is 6.63. The van der Waals surface area contributed by atoms with Crippen molar-refractivity contribution >= 4 is 44.8 Å². The highest BCUT2D eigenvalue weighted by atomic mass is 79.9. The first-order valence-electron chi connectivity index (χ1n) is 5.56.